The molecule has 0 aliphatic rings. The smallest absolute Gasteiger partial charge is 0.306 e. The van der Waals surface area contributed by atoms with Crippen molar-refractivity contribution in [2.75, 3.05) is 6.61 Å². The second kappa shape index (κ2) is 9.05. The summed E-state index contributed by atoms with van der Waals surface area (Å²) in [6.45, 7) is 2.78. The molecule has 0 radical (unpaired) electrons. The highest BCUT2D eigenvalue weighted by molar-refractivity contribution is 5.67. The van der Waals surface area contributed by atoms with Crippen LogP contribution in [0.4, 0.5) is 0 Å². The number of aromatic nitrogens is 1. The number of benzene rings is 2. The second-order valence-corrected chi connectivity index (χ2v) is 6.16. The van der Waals surface area contributed by atoms with E-state index in [1.54, 1.807) is 0 Å². The zero-order valence-electron chi connectivity index (χ0n) is 15.2. The molecule has 5 nitrogen and oxygen atoms in total. The zero-order chi connectivity index (χ0) is 19.1. The molecule has 0 saturated heterocycles. The molecule has 1 atom stereocenters. The molecule has 3 rings (SSSR count). The van der Waals surface area contributed by atoms with Crippen molar-refractivity contribution in [2.24, 2.45) is 0 Å². The first-order valence-electron chi connectivity index (χ1n) is 8.94. The molecule has 1 aromatic heterocycles. The van der Waals surface area contributed by atoms with Crippen LogP contribution in [0.2, 0.25) is 0 Å². The summed E-state index contributed by atoms with van der Waals surface area (Å²) in [5.74, 6) is -0.146. The van der Waals surface area contributed by atoms with E-state index in [0.29, 0.717) is 13.2 Å². The second-order valence-electron chi connectivity index (χ2n) is 6.16. The van der Waals surface area contributed by atoms with Gasteiger partial charge in [0, 0.05) is 24.7 Å². The molecule has 0 aliphatic carbocycles. The van der Waals surface area contributed by atoms with Gasteiger partial charge in [0.25, 0.3) is 0 Å². The lowest BCUT2D eigenvalue weighted by molar-refractivity contribution is -0.140. The molecule has 1 N–H and O–H groups in total. The van der Waals surface area contributed by atoms with Crippen LogP contribution >= 0.6 is 0 Å². The topological polar surface area (TPSA) is 60.7 Å². The van der Waals surface area contributed by atoms with E-state index in [9.17, 15) is 4.79 Å². The van der Waals surface area contributed by atoms with E-state index in [4.69, 9.17) is 14.6 Å². The van der Waals surface area contributed by atoms with Crippen LogP contribution in [-0.4, -0.2) is 22.2 Å². The van der Waals surface area contributed by atoms with Gasteiger partial charge in [-0.1, -0.05) is 24.3 Å². The predicted molar refractivity (Wildman–Crippen MR) is 103 cm³/mol. The number of rotatable bonds is 9. The van der Waals surface area contributed by atoms with Gasteiger partial charge in [-0.05, 0) is 54.4 Å². The minimum Gasteiger partial charge on any atom is -0.489 e. The lowest BCUT2D eigenvalue weighted by Gasteiger charge is -2.16. The van der Waals surface area contributed by atoms with Crippen molar-refractivity contribution in [2.45, 2.75) is 26.1 Å². The predicted octanol–water partition coefficient (Wildman–Crippen LogP) is 4.61. The van der Waals surface area contributed by atoms with Crippen molar-refractivity contribution in [1.29, 1.82) is 0 Å². The molecule has 0 aliphatic heterocycles. The minimum absolute atomic E-state index is 0.0553. The van der Waals surface area contributed by atoms with Gasteiger partial charge >= 0.3 is 5.97 Å². The average molecular weight is 365 g/mol. The van der Waals surface area contributed by atoms with Crippen molar-refractivity contribution in [3.05, 3.63) is 84.2 Å². The van der Waals surface area contributed by atoms with Crippen LogP contribution in [0.5, 0.6) is 5.75 Å². The summed E-state index contributed by atoms with van der Waals surface area (Å²) >= 11 is 0. The monoisotopic (exact) mass is 365 g/mol. The third-order valence-electron chi connectivity index (χ3n) is 4.20. The van der Waals surface area contributed by atoms with Gasteiger partial charge in [-0.25, -0.2) is 0 Å². The van der Waals surface area contributed by atoms with E-state index in [1.807, 2.05) is 67.8 Å². The molecular formula is C22H23NO4. The van der Waals surface area contributed by atoms with Gasteiger partial charge in [-0.15, -0.1) is 0 Å². The first kappa shape index (κ1) is 18.7. The molecule has 0 spiro atoms. The lowest BCUT2D eigenvalue weighted by Crippen LogP contribution is -2.10. The molecule has 2 aromatic carbocycles. The van der Waals surface area contributed by atoms with Gasteiger partial charge in [0.1, 0.15) is 12.4 Å². The summed E-state index contributed by atoms with van der Waals surface area (Å²) < 4.78 is 13.5. The normalized spacial score (nSPS) is 11.9. The molecule has 27 heavy (non-hydrogen) atoms. The van der Waals surface area contributed by atoms with Crippen molar-refractivity contribution < 1.29 is 19.4 Å². The highest BCUT2D eigenvalue weighted by Crippen LogP contribution is 2.24. The van der Waals surface area contributed by atoms with Crippen LogP contribution in [0.25, 0.3) is 5.69 Å². The molecule has 0 unspecified atom stereocenters. The fourth-order valence-electron chi connectivity index (χ4n) is 2.89. The third kappa shape index (κ3) is 5.21. The summed E-state index contributed by atoms with van der Waals surface area (Å²) in [5.41, 5.74) is 2.99. The van der Waals surface area contributed by atoms with E-state index in [1.165, 1.54) is 0 Å². The Morgan fingerprint density at radius 1 is 1.07 bits per heavy atom. The van der Waals surface area contributed by atoms with Crippen LogP contribution in [0.15, 0.2) is 73.1 Å². The third-order valence-corrected chi connectivity index (χ3v) is 4.20. The van der Waals surface area contributed by atoms with E-state index in [0.717, 1.165) is 22.6 Å². The minimum atomic E-state index is -0.878. The van der Waals surface area contributed by atoms with Crippen LogP contribution in [-0.2, 0) is 16.1 Å². The molecule has 1 heterocycles. The zero-order valence-corrected chi connectivity index (χ0v) is 15.2. The number of carboxylic acid groups (broad SMARTS) is 1. The maximum atomic E-state index is 11.0. The fourth-order valence-corrected chi connectivity index (χ4v) is 2.89. The lowest BCUT2D eigenvalue weighted by atomic mass is 10.1. The fraction of sp³-hybridized carbons (Fsp3) is 0.227. The van der Waals surface area contributed by atoms with Gasteiger partial charge < -0.3 is 19.1 Å². The number of ether oxygens (including phenoxy) is 2. The number of carboxylic acids is 1. The van der Waals surface area contributed by atoms with Crippen LogP contribution in [0.1, 0.15) is 30.6 Å². The van der Waals surface area contributed by atoms with Gasteiger partial charge in [0.05, 0.1) is 12.5 Å². The maximum absolute atomic E-state index is 11.0. The Kier molecular flexibility index (Phi) is 6.28. The average Bonchev–Trinajstić information content (AvgIpc) is 3.21. The Bertz CT molecular complexity index is 856. The molecule has 140 valence electrons. The summed E-state index contributed by atoms with van der Waals surface area (Å²) in [4.78, 5) is 11.0. The highest BCUT2D eigenvalue weighted by Gasteiger charge is 2.15. The highest BCUT2D eigenvalue weighted by atomic mass is 16.5. The van der Waals surface area contributed by atoms with Crippen LogP contribution < -0.4 is 4.74 Å². The van der Waals surface area contributed by atoms with Crippen molar-refractivity contribution in [1.82, 2.24) is 4.57 Å². The standard InChI is InChI=1S/C22H23NO4/c1-2-26-21(15-22(24)25)18-8-10-20(11-9-18)27-16-17-6-5-7-19(14-17)23-12-3-4-13-23/h3-14,21H,2,15-16H2,1H3,(H,24,25)/t21-/m1/s1. The Hall–Kier alpha value is -3.05. The number of nitrogens with zero attached hydrogens (tertiary/aromatic N) is 1. The quantitative estimate of drug-likeness (QED) is 0.602. The van der Waals surface area contributed by atoms with Crippen LogP contribution in [0, 0.1) is 0 Å². The SMILES string of the molecule is CCO[C@H](CC(=O)O)c1ccc(OCc2cccc(-n3cccc3)c2)cc1. The largest absolute Gasteiger partial charge is 0.489 e. The summed E-state index contributed by atoms with van der Waals surface area (Å²) in [6, 6.07) is 19.6. The molecule has 0 amide bonds. The van der Waals surface area contributed by atoms with E-state index < -0.39 is 12.1 Å². The van der Waals surface area contributed by atoms with Gasteiger partial charge in [0.15, 0.2) is 0 Å². The van der Waals surface area contributed by atoms with E-state index in [2.05, 4.69) is 16.7 Å². The molecular weight excluding hydrogens is 342 g/mol. The van der Waals surface area contributed by atoms with Crippen molar-refractivity contribution in [3.63, 3.8) is 0 Å². The maximum Gasteiger partial charge on any atom is 0.306 e. The van der Waals surface area contributed by atoms with Gasteiger partial charge in [0.2, 0.25) is 0 Å². The van der Waals surface area contributed by atoms with Gasteiger partial charge in [-0.3, -0.25) is 4.79 Å². The van der Waals surface area contributed by atoms with E-state index >= 15 is 0 Å². The Morgan fingerprint density at radius 3 is 2.48 bits per heavy atom. The summed E-state index contributed by atoms with van der Waals surface area (Å²) in [6.07, 6.45) is 3.51. The Morgan fingerprint density at radius 2 is 1.81 bits per heavy atom. The molecule has 0 fully saturated rings. The van der Waals surface area contributed by atoms with Gasteiger partial charge in [-0.2, -0.15) is 0 Å². The van der Waals surface area contributed by atoms with Crippen LogP contribution in [0.3, 0.4) is 0 Å². The Balaban J connectivity index is 1.63. The summed E-state index contributed by atoms with van der Waals surface area (Å²) in [7, 11) is 0. The van der Waals surface area contributed by atoms with E-state index in [-0.39, 0.29) is 6.42 Å². The number of hydrogen-bond acceptors (Lipinski definition) is 3. The molecule has 0 bridgehead atoms. The molecule has 3 aromatic rings. The van der Waals surface area contributed by atoms with Crippen molar-refractivity contribution in [3.8, 4) is 11.4 Å². The number of aliphatic carboxylic acids is 1. The molecule has 0 saturated carbocycles. The number of carbonyl (C=O) groups is 1. The first-order valence-corrected chi connectivity index (χ1v) is 8.94. The summed E-state index contributed by atoms with van der Waals surface area (Å²) in [5, 5.41) is 9.02. The number of hydrogen-bond donors (Lipinski definition) is 1. The molecule has 5 heteroatoms. The van der Waals surface area contributed by atoms with Crippen molar-refractivity contribution >= 4 is 5.97 Å². The Labute approximate surface area is 158 Å². The first-order chi connectivity index (χ1) is 13.2.